The summed E-state index contributed by atoms with van der Waals surface area (Å²) in [4.78, 5) is 0. The summed E-state index contributed by atoms with van der Waals surface area (Å²) in [5.74, 6) is 0.637. The van der Waals surface area contributed by atoms with E-state index in [1.807, 2.05) is 65.8 Å². The maximum atomic E-state index is 9.36. The lowest BCUT2D eigenvalue weighted by atomic mass is 9.78. The Labute approximate surface area is 216 Å². The molecule has 0 fully saturated rings. The van der Waals surface area contributed by atoms with Crippen molar-refractivity contribution >= 4 is 46.4 Å². The summed E-state index contributed by atoms with van der Waals surface area (Å²) in [6.45, 7) is 11.5. The molecule has 4 unspecified atom stereocenters. The van der Waals surface area contributed by atoms with Crippen LogP contribution in [0.4, 0.5) is 0 Å². The molecular weight excluding hydrogens is 506 g/mol. The van der Waals surface area contributed by atoms with Crippen molar-refractivity contribution in [3.8, 4) is 11.5 Å². The Morgan fingerprint density at radius 3 is 1.18 bits per heavy atom. The highest BCUT2D eigenvalue weighted by molar-refractivity contribution is 6.38. The van der Waals surface area contributed by atoms with Gasteiger partial charge in [-0.05, 0) is 49.2 Å². The Bertz CT molecular complexity index is 842. The van der Waals surface area contributed by atoms with Gasteiger partial charge >= 0.3 is 0 Å². The number of aliphatic hydroxyl groups excluding tert-OH is 2. The first-order valence-electron chi connectivity index (χ1n) is 10.9. The Hall–Kier alpha value is -0.880. The number of halogens is 4. The van der Waals surface area contributed by atoms with E-state index in [0.717, 1.165) is 11.1 Å². The molecule has 0 aliphatic heterocycles. The fourth-order valence-corrected chi connectivity index (χ4v) is 4.29. The molecule has 184 valence electrons. The molecule has 4 nitrogen and oxygen atoms in total. The first kappa shape index (κ1) is 28.4. The third-order valence-electron chi connectivity index (χ3n) is 6.23. The van der Waals surface area contributed by atoms with Crippen LogP contribution < -0.4 is 9.47 Å². The lowest BCUT2D eigenvalue weighted by Crippen LogP contribution is -2.25. The molecule has 8 heteroatoms. The van der Waals surface area contributed by atoms with Crippen LogP contribution in [0.3, 0.4) is 0 Å². The van der Waals surface area contributed by atoms with Gasteiger partial charge in [-0.1, -0.05) is 74.1 Å². The molecule has 2 aromatic carbocycles. The summed E-state index contributed by atoms with van der Waals surface area (Å²) in [7, 11) is 0. The second-order valence-electron chi connectivity index (χ2n) is 9.13. The highest BCUT2D eigenvalue weighted by atomic mass is 35.5. The van der Waals surface area contributed by atoms with Gasteiger partial charge in [-0.15, -0.1) is 0 Å². The maximum absolute atomic E-state index is 9.36. The van der Waals surface area contributed by atoms with Crippen molar-refractivity contribution < 1.29 is 19.7 Å². The minimum Gasteiger partial charge on any atom is -0.487 e. The lowest BCUT2D eigenvalue weighted by molar-refractivity contribution is 0.110. The first-order valence-corrected chi connectivity index (χ1v) is 12.4. The van der Waals surface area contributed by atoms with Crippen molar-refractivity contribution in [2.24, 2.45) is 11.8 Å². The fraction of sp³-hybridized carbons (Fsp3) is 0.520. The molecule has 0 heterocycles. The van der Waals surface area contributed by atoms with Crippen LogP contribution in [0.25, 0.3) is 0 Å². The van der Waals surface area contributed by atoms with Gasteiger partial charge in [0, 0.05) is 30.5 Å². The molecule has 0 aromatic heterocycles. The van der Waals surface area contributed by atoms with Gasteiger partial charge in [0.05, 0.1) is 20.1 Å². The molecule has 4 atom stereocenters. The zero-order valence-corrected chi connectivity index (χ0v) is 22.8. The van der Waals surface area contributed by atoms with E-state index in [0.29, 0.717) is 31.6 Å². The van der Waals surface area contributed by atoms with E-state index in [1.165, 1.54) is 0 Å². The predicted octanol–water partition coefficient (Wildman–Crippen LogP) is 7.42. The Morgan fingerprint density at radius 2 is 0.939 bits per heavy atom. The van der Waals surface area contributed by atoms with Gasteiger partial charge in [0.2, 0.25) is 0 Å². The zero-order chi connectivity index (χ0) is 25.1. The highest BCUT2D eigenvalue weighted by Gasteiger charge is 2.29. The largest absolute Gasteiger partial charge is 0.487 e. The van der Waals surface area contributed by atoms with Crippen LogP contribution in [0.2, 0.25) is 20.1 Å². The smallest absolute Gasteiger partial charge is 0.156 e. The summed E-state index contributed by atoms with van der Waals surface area (Å²) in [5, 5.41) is 20.3. The number of benzene rings is 2. The average Bonchev–Trinajstić information content (AvgIpc) is 2.76. The summed E-state index contributed by atoms with van der Waals surface area (Å²) in [6, 6.07) is 7.26. The van der Waals surface area contributed by atoms with Crippen LogP contribution in [-0.2, 0) is 5.41 Å². The average molecular weight is 538 g/mol. The standard InChI is InChI=1S/C25H32Cl4O4/c1-13(11-30)15(3)32-23-19(26)7-17(8-20(23)27)25(5,6)18-9-21(28)24(22(29)10-18)33-16(4)14(2)12-31/h7-10,13-16,30-31H,11-12H2,1-6H3. The van der Waals surface area contributed by atoms with Crippen LogP contribution in [0.15, 0.2) is 24.3 Å². The van der Waals surface area contributed by atoms with E-state index in [9.17, 15) is 10.2 Å². The summed E-state index contributed by atoms with van der Waals surface area (Å²) in [6.07, 6.45) is -0.519. The predicted molar refractivity (Wildman–Crippen MR) is 138 cm³/mol. The quantitative estimate of drug-likeness (QED) is 0.331. The third kappa shape index (κ3) is 6.62. The van der Waals surface area contributed by atoms with E-state index >= 15 is 0 Å². The molecule has 2 aromatic rings. The molecule has 0 radical (unpaired) electrons. The highest BCUT2D eigenvalue weighted by Crippen LogP contribution is 2.44. The molecule has 33 heavy (non-hydrogen) atoms. The van der Waals surface area contributed by atoms with Crippen molar-refractivity contribution in [2.75, 3.05) is 13.2 Å². The maximum Gasteiger partial charge on any atom is 0.156 e. The molecular formula is C25H32Cl4O4. The second-order valence-corrected chi connectivity index (χ2v) is 10.8. The molecule has 0 aliphatic rings. The topological polar surface area (TPSA) is 58.9 Å². The van der Waals surface area contributed by atoms with Crippen molar-refractivity contribution in [1.82, 2.24) is 0 Å². The van der Waals surface area contributed by atoms with Gasteiger partial charge in [0.15, 0.2) is 11.5 Å². The van der Waals surface area contributed by atoms with Gasteiger partial charge in [0.1, 0.15) is 12.2 Å². The summed E-state index contributed by atoms with van der Waals surface area (Å²) < 4.78 is 11.8. The van der Waals surface area contributed by atoms with Gasteiger partial charge < -0.3 is 19.7 Å². The van der Waals surface area contributed by atoms with Crippen molar-refractivity contribution in [3.05, 3.63) is 55.5 Å². The van der Waals surface area contributed by atoms with Crippen molar-refractivity contribution in [2.45, 2.75) is 59.2 Å². The Kier molecular flexibility index (Phi) is 10.1. The van der Waals surface area contributed by atoms with E-state index in [4.69, 9.17) is 55.9 Å². The van der Waals surface area contributed by atoms with Crippen LogP contribution in [0.1, 0.15) is 52.7 Å². The molecule has 0 spiro atoms. The first-order chi connectivity index (χ1) is 15.3. The van der Waals surface area contributed by atoms with Crippen LogP contribution in [0, 0.1) is 11.8 Å². The SMILES string of the molecule is CC(CO)C(C)Oc1c(Cl)cc(C(C)(C)c2cc(Cl)c(OC(C)C(C)CO)c(Cl)c2)cc1Cl. The number of rotatable bonds is 10. The Balaban J connectivity index is 2.39. The van der Waals surface area contributed by atoms with Gasteiger partial charge in [-0.3, -0.25) is 0 Å². The lowest BCUT2D eigenvalue weighted by Gasteiger charge is -2.29. The molecule has 0 bridgehead atoms. The normalized spacial score (nSPS) is 15.6. The van der Waals surface area contributed by atoms with E-state index in [1.54, 1.807) is 0 Å². The second kappa shape index (κ2) is 11.7. The summed E-state index contributed by atoms with van der Waals surface area (Å²) >= 11 is 26.2. The third-order valence-corrected chi connectivity index (χ3v) is 7.35. The van der Waals surface area contributed by atoms with E-state index < -0.39 is 5.41 Å². The van der Waals surface area contributed by atoms with Crippen molar-refractivity contribution in [3.63, 3.8) is 0 Å². The molecule has 2 N–H and O–H groups in total. The monoisotopic (exact) mass is 536 g/mol. The molecule has 2 rings (SSSR count). The minimum atomic E-state index is -0.536. The summed E-state index contributed by atoms with van der Waals surface area (Å²) in [5.41, 5.74) is 1.18. The number of ether oxygens (including phenoxy) is 2. The molecule has 0 aliphatic carbocycles. The van der Waals surface area contributed by atoms with Crippen LogP contribution in [0.5, 0.6) is 11.5 Å². The van der Waals surface area contributed by atoms with Crippen molar-refractivity contribution in [1.29, 1.82) is 0 Å². The number of aliphatic hydroxyl groups is 2. The Morgan fingerprint density at radius 1 is 0.667 bits per heavy atom. The van der Waals surface area contributed by atoms with Gasteiger partial charge in [-0.2, -0.15) is 0 Å². The zero-order valence-electron chi connectivity index (χ0n) is 19.8. The van der Waals surface area contributed by atoms with Gasteiger partial charge in [-0.25, -0.2) is 0 Å². The molecule has 0 amide bonds. The van der Waals surface area contributed by atoms with Crippen LogP contribution >= 0.6 is 46.4 Å². The van der Waals surface area contributed by atoms with Crippen LogP contribution in [-0.4, -0.2) is 35.6 Å². The van der Waals surface area contributed by atoms with Gasteiger partial charge in [0.25, 0.3) is 0 Å². The molecule has 0 saturated heterocycles. The van der Waals surface area contributed by atoms with E-state index in [-0.39, 0.29) is 37.3 Å². The molecule has 0 saturated carbocycles. The number of hydrogen-bond acceptors (Lipinski definition) is 4. The van der Waals surface area contributed by atoms with E-state index in [2.05, 4.69) is 0 Å². The number of hydrogen-bond donors (Lipinski definition) is 2. The minimum absolute atomic E-state index is 0.000435. The fourth-order valence-electron chi connectivity index (χ4n) is 3.13.